The Morgan fingerprint density at radius 3 is 2.50 bits per heavy atom. The van der Waals surface area contributed by atoms with Crippen molar-refractivity contribution in [3.8, 4) is 22.1 Å². The van der Waals surface area contributed by atoms with Crippen LogP contribution in [0.4, 0.5) is 5.69 Å². The first-order chi connectivity index (χ1) is 12.6. The number of carbonyl (C=O) groups excluding carboxylic acids is 1. The van der Waals surface area contributed by atoms with Crippen LogP contribution in [0.2, 0.25) is 0 Å². The lowest BCUT2D eigenvalue weighted by Crippen LogP contribution is -2.27. The quantitative estimate of drug-likeness (QED) is 0.659. The number of amides is 1. The summed E-state index contributed by atoms with van der Waals surface area (Å²) >= 11 is 1.51. The molecule has 3 aromatic rings. The Morgan fingerprint density at radius 1 is 1.08 bits per heavy atom. The van der Waals surface area contributed by atoms with Gasteiger partial charge < -0.3 is 14.4 Å². The molecule has 1 heterocycles. The molecule has 3 rings (SSSR count). The molecule has 6 heteroatoms. The number of rotatable bonds is 6. The number of thiazole rings is 1. The highest BCUT2D eigenvalue weighted by molar-refractivity contribution is 7.13. The van der Waals surface area contributed by atoms with Crippen molar-refractivity contribution in [3.63, 3.8) is 0 Å². The molecule has 134 valence electrons. The van der Waals surface area contributed by atoms with Gasteiger partial charge in [-0.05, 0) is 30.3 Å². The molecule has 0 N–H and O–H groups in total. The first kappa shape index (κ1) is 17.9. The van der Waals surface area contributed by atoms with Gasteiger partial charge in [0, 0.05) is 23.7 Å². The van der Waals surface area contributed by atoms with E-state index in [9.17, 15) is 4.79 Å². The molecule has 0 fully saturated rings. The number of carbonyl (C=O) groups is 1. The van der Waals surface area contributed by atoms with Crippen LogP contribution in [0.3, 0.4) is 0 Å². The Bertz CT molecular complexity index is 893. The molecule has 2 aromatic carbocycles. The fraction of sp³-hybridized carbons (Fsp3) is 0.200. The van der Waals surface area contributed by atoms with Crippen LogP contribution in [0.1, 0.15) is 5.69 Å². The van der Waals surface area contributed by atoms with Crippen LogP contribution < -0.4 is 14.4 Å². The third-order valence-corrected chi connectivity index (χ3v) is 4.97. The highest BCUT2D eigenvalue weighted by Gasteiger charge is 2.15. The summed E-state index contributed by atoms with van der Waals surface area (Å²) in [4.78, 5) is 18.7. The fourth-order valence-corrected chi connectivity index (χ4v) is 3.38. The highest BCUT2D eigenvalue weighted by Crippen LogP contribution is 2.33. The first-order valence-electron chi connectivity index (χ1n) is 8.10. The predicted octanol–water partition coefficient (Wildman–Crippen LogP) is 4.03. The normalized spacial score (nSPS) is 10.4. The molecule has 0 aliphatic carbocycles. The standard InChI is InChI=1S/C20H20N2O3S/c1-22(16-7-5-4-6-8-16)19(23)12-15-13-26-20(21-15)14-9-10-17(24-2)18(11-14)25-3/h4-11,13H,12H2,1-3H3. The van der Waals surface area contributed by atoms with E-state index in [1.54, 1.807) is 26.2 Å². The lowest BCUT2D eigenvalue weighted by atomic mass is 10.2. The number of benzene rings is 2. The SMILES string of the molecule is COc1ccc(-c2nc(CC(=O)N(C)c3ccccc3)cs2)cc1OC. The Balaban J connectivity index is 1.75. The number of para-hydroxylation sites is 1. The molecule has 26 heavy (non-hydrogen) atoms. The van der Waals surface area contributed by atoms with Gasteiger partial charge in [-0.25, -0.2) is 4.98 Å². The summed E-state index contributed by atoms with van der Waals surface area (Å²) in [5.74, 6) is 1.33. The molecule has 0 aliphatic rings. The van der Waals surface area contributed by atoms with Gasteiger partial charge in [0.2, 0.25) is 5.91 Å². The Morgan fingerprint density at radius 2 is 1.81 bits per heavy atom. The summed E-state index contributed by atoms with van der Waals surface area (Å²) in [6.07, 6.45) is 0.259. The number of methoxy groups -OCH3 is 2. The molecule has 0 saturated heterocycles. The third kappa shape index (κ3) is 3.86. The minimum Gasteiger partial charge on any atom is -0.493 e. The van der Waals surface area contributed by atoms with Crippen LogP contribution in [0, 0.1) is 0 Å². The second kappa shape index (κ2) is 8.01. The summed E-state index contributed by atoms with van der Waals surface area (Å²) in [6.45, 7) is 0. The number of hydrogen-bond donors (Lipinski definition) is 0. The Kier molecular flexibility index (Phi) is 5.53. The second-order valence-electron chi connectivity index (χ2n) is 5.68. The summed E-state index contributed by atoms with van der Waals surface area (Å²) in [6, 6.07) is 15.2. The summed E-state index contributed by atoms with van der Waals surface area (Å²) in [5.41, 5.74) is 2.56. The van der Waals surface area contributed by atoms with E-state index in [0.29, 0.717) is 11.5 Å². The van der Waals surface area contributed by atoms with Gasteiger partial charge in [-0.1, -0.05) is 18.2 Å². The largest absolute Gasteiger partial charge is 0.493 e. The predicted molar refractivity (Wildman–Crippen MR) is 104 cm³/mol. The average molecular weight is 368 g/mol. The van der Waals surface area contributed by atoms with Crippen molar-refractivity contribution in [1.29, 1.82) is 0 Å². The van der Waals surface area contributed by atoms with E-state index in [1.807, 2.05) is 53.9 Å². The van der Waals surface area contributed by atoms with Crippen molar-refractivity contribution in [2.24, 2.45) is 0 Å². The van der Waals surface area contributed by atoms with Crippen LogP contribution in [-0.4, -0.2) is 32.2 Å². The minimum absolute atomic E-state index is 0.000335. The Hall–Kier alpha value is -2.86. The minimum atomic E-state index is 0.000335. The van der Waals surface area contributed by atoms with E-state index < -0.39 is 0 Å². The number of hydrogen-bond acceptors (Lipinski definition) is 5. The first-order valence-corrected chi connectivity index (χ1v) is 8.98. The zero-order valence-electron chi connectivity index (χ0n) is 14.9. The lowest BCUT2D eigenvalue weighted by Gasteiger charge is -2.16. The van der Waals surface area contributed by atoms with E-state index in [2.05, 4.69) is 4.98 Å². The molecule has 0 saturated carbocycles. The van der Waals surface area contributed by atoms with Crippen molar-refractivity contribution in [2.75, 3.05) is 26.2 Å². The monoisotopic (exact) mass is 368 g/mol. The number of anilines is 1. The van der Waals surface area contributed by atoms with Crippen molar-refractivity contribution in [1.82, 2.24) is 4.98 Å². The maximum absolute atomic E-state index is 12.5. The van der Waals surface area contributed by atoms with E-state index in [-0.39, 0.29) is 12.3 Å². The molecule has 0 atom stereocenters. The molecular weight excluding hydrogens is 348 g/mol. The summed E-state index contributed by atoms with van der Waals surface area (Å²) in [5, 5.41) is 2.76. The van der Waals surface area contributed by atoms with E-state index >= 15 is 0 Å². The zero-order valence-corrected chi connectivity index (χ0v) is 15.7. The van der Waals surface area contributed by atoms with Gasteiger partial charge in [-0.15, -0.1) is 11.3 Å². The van der Waals surface area contributed by atoms with Gasteiger partial charge in [-0.2, -0.15) is 0 Å². The van der Waals surface area contributed by atoms with Crippen molar-refractivity contribution < 1.29 is 14.3 Å². The van der Waals surface area contributed by atoms with E-state index in [1.165, 1.54) is 11.3 Å². The van der Waals surface area contributed by atoms with Crippen molar-refractivity contribution in [2.45, 2.75) is 6.42 Å². The van der Waals surface area contributed by atoms with Gasteiger partial charge in [-0.3, -0.25) is 4.79 Å². The molecule has 1 aromatic heterocycles. The number of ether oxygens (including phenoxy) is 2. The maximum Gasteiger partial charge on any atom is 0.232 e. The van der Waals surface area contributed by atoms with Gasteiger partial charge in [0.15, 0.2) is 11.5 Å². The third-order valence-electron chi connectivity index (χ3n) is 4.03. The van der Waals surface area contributed by atoms with Crippen LogP contribution in [0.25, 0.3) is 10.6 Å². The van der Waals surface area contributed by atoms with Gasteiger partial charge >= 0.3 is 0 Å². The fourth-order valence-electron chi connectivity index (χ4n) is 2.56. The number of likely N-dealkylation sites (N-methyl/N-ethyl adjacent to an activating group) is 1. The van der Waals surface area contributed by atoms with Crippen LogP contribution in [0.15, 0.2) is 53.9 Å². The van der Waals surface area contributed by atoms with Crippen molar-refractivity contribution in [3.05, 3.63) is 59.6 Å². The summed E-state index contributed by atoms with van der Waals surface area (Å²) in [7, 11) is 4.99. The average Bonchev–Trinajstić information content (AvgIpc) is 3.15. The zero-order chi connectivity index (χ0) is 18.5. The molecule has 0 spiro atoms. The second-order valence-corrected chi connectivity index (χ2v) is 6.54. The Labute approximate surface area is 156 Å². The molecule has 5 nitrogen and oxygen atoms in total. The van der Waals surface area contributed by atoms with Crippen LogP contribution in [-0.2, 0) is 11.2 Å². The van der Waals surface area contributed by atoms with Gasteiger partial charge in [0.25, 0.3) is 0 Å². The molecule has 0 bridgehead atoms. The smallest absolute Gasteiger partial charge is 0.232 e. The van der Waals surface area contributed by atoms with Crippen LogP contribution in [0.5, 0.6) is 11.5 Å². The maximum atomic E-state index is 12.5. The molecular formula is C20H20N2O3S. The highest BCUT2D eigenvalue weighted by atomic mass is 32.1. The lowest BCUT2D eigenvalue weighted by molar-refractivity contribution is -0.117. The van der Waals surface area contributed by atoms with E-state index in [0.717, 1.165) is 22.0 Å². The number of nitrogens with zero attached hydrogens (tertiary/aromatic N) is 2. The van der Waals surface area contributed by atoms with Gasteiger partial charge in [0.05, 0.1) is 26.3 Å². The molecule has 1 amide bonds. The topological polar surface area (TPSA) is 51.7 Å². The van der Waals surface area contributed by atoms with Crippen LogP contribution >= 0.6 is 11.3 Å². The summed E-state index contributed by atoms with van der Waals surface area (Å²) < 4.78 is 10.6. The van der Waals surface area contributed by atoms with Crippen molar-refractivity contribution >= 4 is 22.9 Å². The molecule has 0 aliphatic heterocycles. The number of aromatic nitrogens is 1. The van der Waals surface area contributed by atoms with Gasteiger partial charge in [0.1, 0.15) is 5.01 Å². The van der Waals surface area contributed by atoms with E-state index in [4.69, 9.17) is 9.47 Å². The molecule has 0 radical (unpaired) electrons. The molecule has 0 unspecified atom stereocenters.